The number of ether oxygens (including phenoxy) is 1. The van der Waals surface area contributed by atoms with Crippen LogP contribution in [0, 0.1) is 5.82 Å². The molecule has 0 unspecified atom stereocenters. The van der Waals surface area contributed by atoms with Crippen LogP contribution in [0.4, 0.5) is 19.7 Å². The molecule has 0 fully saturated rings. The minimum absolute atomic E-state index is 0.0281. The van der Waals surface area contributed by atoms with Crippen molar-refractivity contribution in [2.75, 3.05) is 10.8 Å². The maximum absolute atomic E-state index is 13.9. The van der Waals surface area contributed by atoms with Crippen molar-refractivity contribution in [2.45, 2.75) is 32.8 Å². The maximum Gasteiger partial charge on any atom is 0.407 e. The molecule has 0 aliphatic heterocycles. The Kier molecular flexibility index (Phi) is 6.04. The predicted octanol–water partition coefficient (Wildman–Crippen LogP) is 2.62. The highest BCUT2D eigenvalue weighted by molar-refractivity contribution is 7.82. The lowest BCUT2D eigenvalue weighted by Crippen LogP contribution is -2.33. The topological polar surface area (TPSA) is 84.7 Å². The monoisotopic (exact) mass is 329 g/mol. The van der Waals surface area contributed by atoms with Crippen molar-refractivity contribution in [3.8, 4) is 0 Å². The van der Waals surface area contributed by atoms with E-state index in [0.29, 0.717) is 18.5 Å². The number of rotatable bonds is 4. The molecule has 0 aliphatic rings. The minimum Gasteiger partial charge on any atom is -0.444 e. The second-order valence-electron chi connectivity index (χ2n) is 5.61. The number of halogens is 1. The number of primary amides is 1. The Morgan fingerprint density at radius 3 is 2.55 bits per heavy atom. The largest absolute Gasteiger partial charge is 0.444 e. The Balaban J connectivity index is 2.56. The average Bonchev–Trinajstić information content (AvgIpc) is 2.35. The molecule has 0 saturated carbocycles. The third kappa shape index (κ3) is 5.80. The first-order valence-electron chi connectivity index (χ1n) is 6.64. The van der Waals surface area contributed by atoms with Crippen LogP contribution >= 0.6 is 12.8 Å². The number of anilines is 1. The predicted molar refractivity (Wildman–Crippen MR) is 85.4 cm³/mol. The van der Waals surface area contributed by atoms with E-state index < -0.39 is 23.5 Å². The number of carbonyl (C=O) groups is 2. The van der Waals surface area contributed by atoms with Crippen LogP contribution in [0.5, 0.6) is 0 Å². The highest BCUT2D eigenvalue weighted by Gasteiger charge is 2.16. The van der Waals surface area contributed by atoms with Crippen molar-refractivity contribution >= 4 is 30.6 Å². The van der Waals surface area contributed by atoms with E-state index in [2.05, 4.69) is 18.1 Å². The van der Waals surface area contributed by atoms with Gasteiger partial charge in [-0.25, -0.2) is 18.3 Å². The van der Waals surface area contributed by atoms with Crippen LogP contribution < -0.4 is 15.4 Å². The number of urea groups is 1. The average molecular weight is 329 g/mol. The third-order valence-electron chi connectivity index (χ3n) is 2.53. The van der Waals surface area contributed by atoms with Crippen LogP contribution in [-0.4, -0.2) is 24.3 Å². The molecule has 0 aromatic heterocycles. The summed E-state index contributed by atoms with van der Waals surface area (Å²) in [6, 6.07) is 3.41. The SMILES string of the molecule is CC(C)(C)OC(=O)NCCc1ccc(N(S)C(N)=O)c(F)c1. The molecule has 3 N–H and O–H groups in total. The zero-order chi connectivity index (χ0) is 16.9. The molecular formula is C14H20FN3O3S. The maximum atomic E-state index is 13.9. The summed E-state index contributed by atoms with van der Waals surface area (Å²) in [7, 11) is 0. The molecule has 3 amide bonds. The van der Waals surface area contributed by atoms with Crippen LogP contribution in [0.3, 0.4) is 0 Å². The van der Waals surface area contributed by atoms with Crippen molar-refractivity contribution in [3.63, 3.8) is 0 Å². The standard InChI is InChI=1S/C14H20FN3O3S/c1-14(2,3)21-13(20)17-7-6-9-4-5-11(10(15)8-9)18(22)12(16)19/h4-5,8,22H,6-7H2,1-3H3,(H2,16,19)(H,17,20). The van der Waals surface area contributed by atoms with E-state index in [0.717, 1.165) is 4.31 Å². The van der Waals surface area contributed by atoms with E-state index in [-0.39, 0.29) is 5.69 Å². The first-order chi connectivity index (χ1) is 10.1. The first-order valence-corrected chi connectivity index (χ1v) is 7.04. The van der Waals surface area contributed by atoms with Gasteiger partial charge in [-0.05, 0) is 44.9 Å². The van der Waals surface area contributed by atoms with Crippen molar-refractivity contribution in [1.29, 1.82) is 0 Å². The van der Waals surface area contributed by atoms with E-state index in [1.54, 1.807) is 26.8 Å². The van der Waals surface area contributed by atoms with Gasteiger partial charge in [-0.2, -0.15) is 0 Å². The van der Waals surface area contributed by atoms with Crippen molar-refractivity contribution < 1.29 is 18.7 Å². The summed E-state index contributed by atoms with van der Waals surface area (Å²) < 4.78 is 19.7. The molecule has 122 valence electrons. The van der Waals surface area contributed by atoms with E-state index in [9.17, 15) is 14.0 Å². The van der Waals surface area contributed by atoms with Gasteiger partial charge in [0.25, 0.3) is 0 Å². The van der Waals surface area contributed by atoms with E-state index in [4.69, 9.17) is 10.5 Å². The summed E-state index contributed by atoms with van der Waals surface area (Å²) in [5.41, 5.74) is 5.08. The quantitative estimate of drug-likeness (QED) is 0.742. The molecule has 1 aromatic rings. The van der Waals surface area contributed by atoms with E-state index >= 15 is 0 Å². The number of hydrogen-bond acceptors (Lipinski definition) is 4. The Hall–Kier alpha value is -1.96. The molecule has 1 rings (SSSR count). The lowest BCUT2D eigenvalue weighted by molar-refractivity contribution is 0.0528. The number of alkyl carbamates (subject to hydrolysis) is 1. The van der Waals surface area contributed by atoms with Crippen molar-refractivity contribution in [2.24, 2.45) is 5.73 Å². The zero-order valence-electron chi connectivity index (χ0n) is 12.7. The second-order valence-corrected chi connectivity index (χ2v) is 6.01. The molecule has 0 spiro atoms. The summed E-state index contributed by atoms with van der Waals surface area (Å²) in [6.45, 7) is 5.60. The number of nitrogens with one attached hydrogen (secondary N) is 1. The summed E-state index contributed by atoms with van der Waals surface area (Å²) >= 11 is 3.80. The third-order valence-corrected chi connectivity index (χ3v) is 2.94. The normalized spacial score (nSPS) is 11.0. The van der Waals surface area contributed by atoms with E-state index in [1.165, 1.54) is 12.1 Å². The van der Waals surface area contributed by atoms with Crippen molar-refractivity contribution in [1.82, 2.24) is 5.32 Å². The van der Waals surface area contributed by atoms with Gasteiger partial charge in [0.15, 0.2) is 0 Å². The highest BCUT2D eigenvalue weighted by Crippen LogP contribution is 2.22. The smallest absolute Gasteiger partial charge is 0.407 e. The molecule has 0 bridgehead atoms. The molecule has 8 heteroatoms. The fraction of sp³-hybridized carbons (Fsp3) is 0.429. The first kappa shape index (κ1) is 18.1. The van der Waals surface area contributed by atoms with E-state index in [1.807, 2.05) is 0 Å². The summed E-state index contributed by atoms with van der Waals surface area (Å²) in [6.07, 6.45) is -0.112. The Morgan fingerprint density at radius 1 is 1.41 bits per heavy atom. The van der Waals surface area contributed by atoms with Gasteiger partial charge in [-0.1, -0.05) is 18.9 Å². The fourth-order valence-electron chi connectivity index (χ4n) is 1.62. The molecular weight excluding hydrogens is 309 g/mol. The number of nitrogens with zero attached hydrogens (tertiary/aromatic N) is 1. The van der Waals surface area contributed by atoms with Gasteiger partial charge in [0.2, 0.25) is 0 Å². The van der Waals surface area contributed by atoms with Gasteiger partial charge in [0.1, 0.15) is 11.4 Å². The fourth-order valence-corrected chi connectivity index (χ4v) is 1.78. The Bertz CT molecular complexity index is 561. The number of benzene rings is 1. The van der Waals surface area contributed by atoms with Crippen LogP contribution in [0.15, 0.2) is 18.2 Å². The molecule has 0 radical (unpaired) electrons. The lowest BCUT2D eigenvalue weighted by atomic mass is 10.1. The molecule has 0 saturated heterocycles. The number of nitrogens with two attached hydrogens (primary N) is 1. The van der Waals surface area contributed by atoms with Gasteiger partial charge in [0, 0.05) is 6.54 Å². The van der Waals surface area contributed by atoms with Gasteiger partial charge in [-0.3, -0.25) is 0 Å². The number of carbonyl (C=O) groups excluding carboxylic acids is 2. The van der Waals surface area contributed by atoms with Gasteiger partial charge in [0.05, 0.1) is 5.69 Å². The van der Waals surface area contributed by atoms with Crippen LogP contribution in [0.25, 0.3) is 0 Å². The van der Waals surface area contributed by atoms with Crippen LogP contribution in [-0.2, 0) is 11.2 Å². The van der Waals surface area contributed by atoms with Crippen molar-refractivity contribution in [3.05, 3.63) is 29.6 Å². The molecule has 1 aromatic carbocycles. The molecule has 22 heavy (non-hydrogen) atoms. The van der Waals surface area contributed by atoms with Gasteiger partial charge >= 0.3 is 12.1 Å². The molecule has 0 atom stereocenters. The Labute approximate surface area is 134 Å². The zero-order valence-corrected chi connectivity index (χ0v) is 13.6. The van der Waals surface area contributed by atoms with Gasteiger partial charge in [-0.15, -0.1) is 0 Å². The summed E-state index contributed by atoms with van der Waals surface area (Å²) in [4.78, 5) is 22.4. The molecule has 0 aliphatic carbocycles. The number of amides is 3. The highest BCUT2D eigenvalue weighted by atomic mass is 32.1. The lowest BCUT2D eigenvalue weighted by Gasteiger charge is -2.19. The molecule has 6 nitrogen and oxygen atoms in total. The second kappa shape index (κ2) is 7.35. The van der Waals surface area contributed by atoms with Crippen LogP contribution in [0.2, 0.25) is 0 Å². The summed E-state index contributed by atoms with van der Waals surface area (Å²) in [5, 5.41) is 2.58. The number of hydrogen-bond donors (Lipinski definition) is 3. The van der Waals surface area contributed by atoms with Crippen LogP contribution in [0.1, 0.15) is 26.3 Å². The Morgan fingerprint density at radius 2 is 2.05 bits per heavy atom. The molecule has 0 heterocycles. The minimum atomic E-state index is -0.874. The van der Waals surface area contributed by atoms with Gasteiger partial charge < -0.3 is 15.8 Å². The summed E-state index contributed by atoms with van der Waals surface area (Å²) in [5.74, 6) is -0.622. The number of thiol groups is 1.